The van der Waals surface area contributed by atoms with Gasteiger partial charge in [-0.15, -0.1) is 11.3 Å². The van der Waals surface area contributed by atoms with Crippen molar-refractivity contribution >= 4 is 29.3 Å². The van der Waals surface area contributed by atoms with E-state index in [4.69, 9.17) is 4.74 Å². The molecule has 2 aliphatic rings. The summed E-state index contributed by atoms with van der Waals surface area (Å²) in [7, 11) is 0. The molecule has 0 saturated heterocycles. The lowest BCUT2D eigenvalue weighted by atomic mass is 9.98. The third-order valence-corrected chi connectivity index (χ3v) is 7.96. The number of hydrogen-bond donors (Lipinski definition) is 2. The Hall–Kier alpha value is -3.65. The van der Waals surface area contributed by atoms with Crippen LogP contribution in [0.25, 0.3) is 11.1 Å². The standard InChI is InChI=1S/C27H26N2O5S/c1-2-22(25(30)29-12-11-23-16(14-29)13-24(35-23)26(31)32)28-27(33)34-15-21-19-9-5-3-7-17(19)18-8-4-6-10-20(18)21/h3-10,13,21-22H,2,11-12,14-15H2,1H3,(H,28,33)(H,31,32)/t22-/m1/s1. The molecule has 1 aromatic heterocycles. The average molecular weight is 491 g/mol. The Bertz CT molecular complexity index is 1250. The fourth-order valence-electron chi connectivity index (χ4n) is 4.97. The van der Waals surface area contributed by atoms with Gasteiger partial charge in [0.25, 0.3) is 0 Å². The zero-order valence-corrected chi connectivity index (χ0v) is 20.1. The topological polar surface area (TPSA) is 95.9 Å². The van der Waals surface area contributed by atoms with Crippen molar-refractivity contribution in [3.05, 3.63) is 81.0 Å². The Kier molecular flexibility index (Phi) is 6.30. The molecule has 180 valence electrons. The summed E-state index contributed by atoms with van der Waals surface area (Å²) in [5.74, 6) is -1.19. The van der Waals surface area contributed by atoms with E-state index < -0.39 is 18.1 Å². The van der Waals surface area contributed by atoms with Crippen molar-refractivity contribution in [2.45, 2.75) is 38.3 Å². The lowest BCUT2D eigenvalue weighted by molar-refractivity contribution is -0.134. The number of alkyl carbamates (subject to hydrolysis) is 1. The summed E-state index contributed by atoms with van der Waals surface area (Å²) in [5, 5.41) is 12.0. The van der Waals surface area contributed by atoms with Crippen molar-refractivity contribution in [3.63, 3.8) is 0 Å². The number of nitrogens with zero attached hydrogens (tertiary/aromatic N) is 1. The quantitative estimate of drug-likeness (QED) is 0.525. The minimum absolute atomic E-state index is 0.0496. The van der Waals surface area contributed by atoms with E-state index in [1.165, 1.54) is 11.3 Å². The predicted molar refractivity (Wildman–Crippen MR) is 133 cm³/mol. The van der Waals surface area contributed by atoms with Crippen LogP contribution in [0.15, 0.2) is 54.6 Å². The normalized spacial score (nSPS) is 15.1. The third-order valence-electron chi connectivity index (χ3n) is 6.73. The molecule has 0 saturated carbocycles. The van der Waals surface area contributed by atoms with Gasteiger partial charge in [0.1, 0.15) is 17.5 Å². The Morgan fingerprint density at radius 1 is 1.11 bits per heavy atom. The van der Waals surface area contributed by atoms with Crippen molar-refractivity contribution in [2.75, 3.05) is 13.2 Å². The maximum Gasteiger partial charge on any atom is 0.407 e. The first-order valence-electron chi connectivity index (χ1n) is 11.7. The third kappa shape index (κ3) is 4.41. The van der Waals surface area contributed by atoms with Crippen LogP contribution in [0.3, 0.4) is 0 Å². The van der Waals surface area contributed by atoms with Gasteiger partial charge in [-0.1, -0.05) is 55.5 Å². The van der Waals surface area contributed by atoms with E-state index in [-0.39, 0.29) is 23.3 Å². The van der Waals surface area contributed by atoms with Crippen LogP contribution in [0.5, 0.6) is 0 Å². The number of aromatic carboxylic acids is 1. The molecule has 7 nitrogen and oxygen atoms in total. The number of carbonyl (C=O) groups is 3. The van der Waals surface area contributed by atoms with Crippen LogP contribution in [0.1, 0.15) is 50.5 Å². The summed E-state index contributed by atoms with van der Waals surface area (Å²) in [4.78, 5) is 40.1. The monoisotopic (exact) mass is 490 g/mol. The van der Waals surface area contributed by atoms with E-state index in [0.717, 1.165) is 32.7 Å². The fraction of sp³-hybridized carbons (Fsp3) is 0.296. The lowest BCUT2D eigenvalue weighted by Gasteiger charge is -2.30. The summed E-state index contributed by atoms with van der Waals surface area (Å²) in [6, 6.07) is 17.2. The summed E-state index contributed by atoms with van der Waals surface area (Å²) >= 11 is 1.26. The number of benzene rings is 2. The van der Waals surface area contributed by atoms with Crippen LogP contribution in [0, 0.1) is 0 Å². The van der Waals surface area contributed by atoms with Gasteiger partial charge < -0.3 is 20.1 Å². The van der Waals surface area contributed by atoms with Gasteiger partial charge in [-0.25, -0.2) is 9.59 Å². The molecule has 1 aliphatic heterocycles. The zero-order chi connectivity index (χ0) is 24.5. The molecule has 1 aliphatic carbocycles. The highest BCUT2D eigenvalue weighted by Gasteiger charge is 2.31. The van der Waals surface area contributed by atoms with E-state index in [1.807, 2.05) is 31.2 Å². The van der Waals surface area contributed by atoms with Gasteiger partial charge in [-0.2, -0.15) is 0 Å². The van der Waals surface area contributed by atoms with Crippen LogP contribution >= 0.6 is 11.3 Å². The minimum atomic E-state index is -0.953. The van der Waals surface area contributed by atoms with Gasteiger partial charge >= 0.3 is 12.1 Å². The maximum atomic E-state index is 13.1. The first kappa shape index (κ1) is 23.1. The van der Waals surface area contributed by atoms with Crippen LogP contribution in [-0.4, -0.2) is 47.2 Å². The molecule has 2 heterocycles. The highest BCUT2D eigenvalue weighted by molar-refractivity contribution is 7.14. The van der Waals surface area contributed by atoms with Gasteiger partial charge in [0.2, 0.25) is 5.91 Å². The number of carboxylic acids is 1. The van der Waals surface area contributed by atoms with Gasteiger partial charge in [0.05, 0.1) is 0 Å². The van der Waals surface area contributed by atoms with Crippen LogP contribution in [-0.2, 0) is 22.5 Å². The van der Waals surface area contributed by atoms with Crippen LogP contribution in [0.2, 0.25) is 0 Å². The molecule has 0 unspecified atom stereocenters. The number of ether oxygens (including phenoxy) is 1. The first-order valence-corrected chi connectivity index (χ1v) is 12.5. The number of fused-ring (bicyclic) bond motifs is 4. The molecular formula is C27H26N2O5S. The van der Waals surface area contributed by atoms with Crippen molar-refractivity contribution in [2.24, 2.45) is 0 Å². The van der Waals surface area contributed by atoms with Gasteiger partial charge in [0, 0.05) is 23.9 Å². The highest BCUT2D eigenvalue weighted by atomic mass is 32.1. The van der Waals surface area contributed by atoms with Gasteiger partial charge in [-0.05, 0) is 46.7 Å². The zero-order valence-electron chi connectivity index (χ0n) is 19.3. The largest absolute Gasteiger partial charge is 0.477 e. The number of thiophene rings is 1. The van der Waals surface area contributed by atoms with E-state index in [2.05, 4.69) is 29.6 Å². The molecule has 0 bridgehead atoms. The molecule has 0 spiro atoms. The van der Waals surface area contributed by atoms with Crippen molar-refractivity contribution in [3.8, 4) is 11.1 Å². The summed E-state index contributed by atoms with van der Waals surface area (Å²) in [6.45, 7) is 2.87. The SMILES string of the molecule is CC[C@@H](NC(=O)OCC1c2ccccc2-c2ccccc21)C(=O)N1CCc2sc(C(=O)O)cc2C1. The van der Waals surface area contributed by atoms with E-state index in [1.54, 1.807) is 11.0 Å². The van der Waals surface area contributed by atoms with Gasteiger partial charge in [-0.3, -0.25) is 4.79 Å². The second-order valence-electron chi connectivity index (χ2n) is 8.80. The molecule has 0 fully saturated rings. The number of carbonyl (C=O) groups excluding carboxylic acids is 2. The minimum Gasteiger partial charge on any atom is -0.477 e. The number of amides is 2. The Morgan fingerprint density at radius 2 is 1.77 bits per heavy atom. The Balaban J connectivity index is 1.22. The number of nitrogens with one attached hydrogen (secondary N) is 1. The Labute approximate surface area is 207 Å². The smallest absolute Gasteiger partial charge is 0.407 e. The first-order chi connectivity index (χ1) is 17.0. The molecule has 2 amide bonds. The number of hydrogen-bond acceptors (Lipinski definition) is 5. The molecule has 2 N–H and O–H groups in total. The van der Waals surface area contributed by atoms with E-state index in [9.17, 15) is 19.5 Å². The number of rotatable bonds is 6. The van der Waals surface area contributed by atoms with E-state index in [0.29, 0.717) is 25.9 Å². The summed E-state index contributed by atoms with van der Waals surface area (Å²) in [5.41, 5.74) is 5.43. The van der Waals surface area contributed by atoms with Crippen molar-refractivity contribution in [1.82, 2.24) is 10.2 Å². The number of carboxylic acid groups (broad SMARTS) is 1. The second-order valence-corrected chi connectivity index (χ2v) is 9.94. The molecule has 5 rings (SSSR count). The lowest BCUT2D eigenvalue weighted by Crippen LogP contribution is -2.49. The summed E-state index contributed by atoms with van der Waals surface area (Å²) in [6.07, 6.45) is 0.421. The molecule has 2 aromatic carbocycles. The van der Waals surface area contributed by atoms with E-state index >= 15 is 0 Å². The average Bonchev–Trinajstić information content (AvgIpc) is 3.45. The molecule has 8 heteroatoms. The molecule has 0 radical (unpaired) electrons. The summed E-state index contributed by atoms with van der Waals surface area (Å²) < 4.78 is 5.61. The van der Waals surface area contributed by atoms with Gasteiger partial charge in [0.15, 0.2) is 0 Å². The highest BCUT2D eigenvalue weighted by Crippen LogP contribution is 2.44. The van der Waals surface area contributed by atoms with Crippen molar-refractivity contribution in [1.29, 1.82) is 0 Å². The van der Waals surface area contributed by atoms with Crippen LogP contribution in [0.4, 0.5) is 4.79 Å². The molecule has 1 atom stereocenters. The van der Waals surface area contributed by atoms with Crippen LogP contribution < -0.4 is 5.32 Å². The molecule has 3 aromatic rings. The second kappa shape index (κ2) is 9.54. The fourth-order valence-corrected chi connectivity index (χ4v) is 5.97. The van der Waals surface area contributed by atoms with Crippen molar-refractivity contribution < 1.29 is 24.2 Å². The Morgan fingerprint density at radius 3 is 2.40 bits per heavy atom. The molecular weight excluding hydrogens is 464 g/mol. The molecule has 35 heavy (non-hydrogen) atoms. The maximum absolute atomic E-state index is 13.1. The predicted octanol–water partition coefficient (Wildman–Crippen LogP) is 4.65.